The highest BCUT2D eigenvalue weighted by Crippen LogP contribution is 2.11. The summed E-state index contributed by atoms with van der Waals surface area (Å²) < 4.78 is 0. The molecular weight excluding hydrogens is 232 g/mol. The van der Waals surface area contributed by atoms with Gasteiger partial charge in [0.25, 0.3) is 0 Å². The molecule has 94 valence electrons. The van der Waals surface area contributed by atoms with Crippen LogP contribution in [0.4, 0.5) is 5.69 Å². The van der Waals surface area contributed by atoms with Crippen LogP contribution in [-0.4, -0.2) is 23.4 Å². The molecule has 0 amide bonds. The number of benzene rings is 1. The molecule has 17 heavy (non-hydrogen) atoms. The maximum Gasteiger partial charge on any atom is 0.170 e. The second kappa shape index (κ2) is 8.03. The van der Waals surface area contributed by atoms with Gasteiger partial charge in [0.1, 0.15) is 0 Å². The van der Waals surface area contributed by atoms with E-state index in [0.29, 0.717) is 18.1 Å². The number of nitrogens with one attached hydrogen (secondary N) is 2. The first-order chi connectivity index (χ1) is 8.26. The van der Waals surface area contributed by atoms with Gasteiger partial charge in [0.15, 0.2) is 5.11 Å². The molecule has 0 spiro atoms. The van der Waals surface area contributed by atoms with E-state index in [2.05, 4.69) is 29.7 Å². The molecule has 0 radical (unpaired) electrons. The lowest BCUT2D eigenvalue weighted by molar-refractivity contribution is 0.289. The standard InChI is InChI=1S/C13H20N2OS/c1-2-5-11-6-3-7-12(10-11)15-13(17)14-8-4-9-16/h3,6-7,10,16H,2,4-5,8-9H2,1H3,(H2,14,15,17). The zero-order chi connectivity index (χ0) is 12.5. The lowest BCUT2D eigenvalue weighted by Gasteiger charge is -2.10. The zero-order valence-corrected chi connectivity index (χ0v) is 11.0. The molecule has 0 unspecified atom stereocenters. The lowest BCUT2D eigenvalue weighted by Crippen LogP contribution is -2.29. The van der Waals surface area contributed by atoms with E-state index in [0.717, 1.165) is 18.5 Å². The van der Waals surface area contributed by atoms with Crippen molar-refractivity contribution in [3.8, 4) is 0 Å². The molecule has 3 N–H and O–H groups in total. The van der Waals surface area contributed by atoms with Gasteiger partial charge in [0.2, 0.25) is 0 Å². The molecule has 3 nitrogen and oxygen atoms in total. The van der Waals surface area contributed by atoms with Gasteiger partial charge in [-0.2, -0.15) is 0 Å². The Kier molecular flexibility index (Phi) is 6.58. The third kappa shape index (κ3) is 5.65. The molecule has 1 aromatic carbocycles. The van der Waals surface area contributed by atoms with Crippen LogP contribution in [0.3, 0.4) is 0 Å². The molecule has 0 aliphatic heterocycles. The zero-order valence-electron chi connectivity index (χ0n) is 10.2. The van der Waals surface area contributed by atoms with Crippen molar-refractivity contribution in [1.29, 1.82) is 0 Å². The largest absolute Gasteiger partial charge is 0.396 e. The number of aryl methyl sites for hydroxylation is 1. The smallest absolute Gasteiger partial charge is 0.170 e. The van der Waals surface area contributed by atoms with E-state index in [9.17, 15) is 0 Å². The normalized spacial score (nSPS) is 10.0. The van der Waals surface area contributed by atoms with E-state index in [1.807, 2.05) is 12.1 Å². The minimum atomic E-state index is 0.182. The van der Waals surface area contributed by atoms with Gasteiger partial charge in [-0.3, -0.25) is 0 Å². The summed E-state index contributed by atoms with van der Waals surface area (Å²) in [6.45, 7) is 3.04. The predicted octanol–water partition coefficient (Wildman–Crippen LogP) is 2.31. The minimum Gasteiger partial charge on any atom is -0.396 e. The molecule has 0 aliphatic carbocycles. The molecule has 0 atom stereocenters. The Hall–Kier alpha value is -1.13. The van der Waals surface area contributed by atoms with Crippen molar-refractivity contribution in [3.05, 3.63) is 29.8 Å². The second-order valence-corrected chi connectivity index (χ2v) is 4.32. The van der Waals surface area contributed by atoms with Crippen LogP contribution in [0.25, 0.3) is 0 Å². The van der Waals surface area contributed by atoms with Crippen LogP contribution >= 0.6 is 12.2 Å². The molecule has 1 rings (SSSR count). The number of aliphatic hydroxyl groups is 1. The summed E-state index contributed by atoms with van der Waals surface area (Å²) in [5.41, 5.74) is 2.33. The fraction of sp³-hybridized carbons (Fsp3) is 0.462. The topological polar surface area (TPSA) is 44.3 Å². The molecular formula is C13H20N2OS. The molecule has 0 aromatic heterocycles. The number of anilines is 1. The van der Waals surface area contributed by atoms with Gasteiger partial charge in [-0.05, 0) is 42.8 Å². The van der Waals surface area contributed by atoms with E-state index >= 15 is 0 Å². The van der Waals surface area contributed by atoms with Crippen molar-refractivity contribution in [3.63, 3.8) is 0 Å². The fourth-order valence-electron chi connectivity index (χ4n) is 1.55. The summed E-state index contributed by atoms with van der Waals surface area (Å²) in [5.74, 6) is 0. The summed E-state index contributed by atoms with van der Waals surface area (Å²) in [6, 6.07) is 8.27. The lowest BCUT2D eigenvalue weighted by atomic mass is 10.1. The SMILES string of the molecule is CCCc1cccc(NC(=S)NCCCO)c1. The van der Waals surface area contributed by atoms with Crippen LogP contribution in [-0.2, 0) is 6.42 Å². The van der Waals surface area contributed by atoms with Gasteiger partial charge < -0.3 is 15.7 Å². The number of aliphatic hydroxyl groups excluding tert-OH is 1. The van der Waals surface area contributed by atoms with Crippen molar-refractivity contribution in [2.75, 3.05) is 18.5 Å². The monoisotopic (exact) mass is 252 g/mol. The van der Waals surface area contributed by atoms with E-state index in [1.165, 1.54) is 5.56 Å². The second-order valence-electron chi connectivity index (χ2n) is 3.91. The highest BCUT2D eigenvalue weighted by atomic mass is 32.1. The van der Waals surface area contributed by atoms with Crippen LogP contribution in [0.15, 0.2) is 24.3 Å². The van der Waals surface area contributed by atoms with Crippen LogP contribution in [0, 0.1) is 0 Å². The Bertz CT molecular complexity index is 355. The van der Waals surface area contributed by atoms with E-state index < -0.39 is 0 Å². The summed E-state index contributed by atoms with van der Waals surface area (Å²) in [6.07, 6.45) is 2.93. The molecule has 0 saturated heterocycles. The first-order valence-electron chi connectivity index (χ1n) is 6.01. The van der Waals surface area contributed by atoms with E-state index in [-0.39, 0.29) is 6.61 Å². The average molecular weight is 252 g/mol. The van der Waals surface area contributed by atoms with Gasteiger partial charge >= 0.3 is 0 Å². The van der Waals surface area contributed by atoms with Crippen LogP contribution in [0.2, 0.25) is 0 Å². The predicted molar refractivity (Wildman–Crippen MR) is 76.4 cm³/mol. The first-order valence-corrected chi connectivity index (χ1v) is 6.41. The fourth-order valence-corrected chi connectivity index (χ4v) is 1.77. The highest BCUT2D eigenvalue weighted by molar-refractivity contribution is 7.80. The molecule has 1 aromatic rings. The third-order valence-electron chi connectivity index (χ3n) is 2.34. The Labute approximate surface area is 108 Å². The number of hydrogen-bond donors (Lipinski definition) is 3. The van der Waals surface area contributed by atoms with Crippen molar-refractivity contribution in [1.82, 2.24) is 5.32 Å². The number of rotatable bonds is 6. The Morgan fingerprint density at radius 1 is 1.41 bits per heavy atom. The first kappa shape index (κ1) is 13.9. The number of hydrogen-bond acceptors (Lipinski definition) is 2. The molecule has 0 fully saturated rings. The van der Waals surface area contributed by atoms with E-state index in [4.69, 9.17) is 17.3 Å². The molecule has 0 bridgehead atoms. The molecule has 0 heterocycles. The van der Waals surface area contributed by atoms with Crippen LogP contribution in [0.1, 0.15) is 25.3 Å². The third-order valence-corrected chi connectivity index (χ3v) is 2.59. The summed E-state index contributed by atoms with van der Waals surface area (Å²) in [7, 11) is 0. The summed E-state index contributed by atoms with van der Waals surface area (Å²) in [4.78, 5) is 0. The van der Waals surface area contributed by atoms with Gasteiger partial charge in [-0.25, -0.2) is 0 Å². The number of thiocarbonyl (C=S) groups is 1. The summed E-state index contributed by atoms with van der Waals surface area (Å²) >= 11 is 5.15. The van der Waals surface area contributed by atoms with Crippen molar-refractivity contribution in [2.24, 2.45) is 0 Å². The van der Waals surface area contributed by atoms with Crippen LogP contribution < -0.4 is 10.6 Å². The van der Waals surface area contributed by atoms with Crippen molar-refractivity contribution in [2.45, 2.75) is 26.2 Å². The molecule has 0 aliphatic rings. The maximum atomic E-state index is 8.66. The van der Waals surface area contributed by atoms with Gasteiger partial charge in [-0.1, -0.05) is 25.5 Å². The Morgan fingerprint density at radius 2 is 2.24 bits per heavy atom. The Morgan fingerprint density at radius 3 is 2.94 bits per heavy atom. The minimum absolute atomic E-state index is 0.182. The quantitative estimate of drug-likeness (QED) is 0.537. The average Bonchev–Trinajstić information content (AvgIpc) is 2.30. The highest BCUT2D eigenvalue weighted by Gasteiger charge is 1.98. The molecule has 4 heteroatoms. The maximum absolute atomic E-state index is 8.66. The van der Waals surface area contributed by atoms with E-state index in [1.54, 1.807) is 0 Å². The van der Waals surface area contributed by atoms with Crippen LogP contribution in [0.5, 0.6) is 0 Å². The van der Waals surface area contributed by atoms with Crippen molar-refractivity contribution >= 4 is 23.0 Å². The molecule has 0 saturated carbocycles. The van der Waals surface area contributed by atoms with Gasteiger partial charge in [0, 0.05) is 18.8 Å². The summed E-state index contributed by atoms with van der Waals surface area (Å²) in [5, 5.41) is 15.4. The Balaban J connectivity index is 2.44. The van der Waals surface area contributed by atoms with Gasteiger partial charge in [0.05, 0.1) is 0 Å². The van der Waals surface area contributed by atoms with Gasteiger partial charge in [-0.15, -0.1) is 0 Å². The van der Waals surface area contributed by atoms with Crippen molar-refractivity contribution < 1.29 is 5.11 Å².